The summed E-state index contributed by atoms with van der Waals surface area (Å²) < 4.78 is 6.53. The van der Waals surface area contributed by atoms with E-state index >= 15 is 0 Å². The SMILES string of the molecule is CC(C)(CCCO)CNCC(O)COc1ccc(Br)cc1. The summed E-state index contributed by atoms with van der Waals surface area (Å²) in [5.74, 6) is 0.750. The summed E-state index contributed by atoms with van der Waals surface area (Å²) in [5, 5.41) is 22.0. The topological polar surface area (TPSA) is 61.7 Å². The van der Waals surface area contributed by atoms with Crippen LogP contribution in [0.4, 0.5) is 0 Å². The first-order chi connectivity index (χ1) is 9.93. The molecule has 1 aromatic carbocycles. The fraction of sp³-hybridized carbons (Fsp3) is 0.625. The van der Waals surface area contributed by atoms with Crippen molar-refractivity contribution < 1.29 is 14.9 Å². The van der Waals surface area contributed by atoms with E-state index in [4.69, 9.17) is 9.84 Å². The van der Waals surface area contributed by atoms with Crippen LogP contribution in [0.3, 0.4) is 0 Å². The zero-order valence-corrected chi connectivity index (χ0v) is 14.4. The lowest BCUT2D eigenvalue weighted by Gasteiger charge is -2.25. The Bertz CT molecular complexity index is 395. The standard InChI is InChI=1S/C16H26BrNO3/c1-16(2,8-3-9-19)12-18-10-14(20)11-21-15-6-4-13(17)5-7-15/h4-7,14,18-20H,3,8-12H2,1-2H3. The van der Waals surface area contributed by atoms with Crippen molar-refractivity contribution in [1.29, 1.82) is 0 Å². The van der Waals surface area contributed by atoms with Gasteiger partial charge in [0.05, 0.1) is 0 Å². The highest BCUT2D eigenvalue weighted by Crippen LogP contribution is 2.20. The van der Waals surface area contributed by atoms with Crippen molar-refractivity contribution in [1.82, 2.24) is 5.32 Å². The van der Waals surface area contributed by atoms with Crippen molar-refractivity contribution in [3.63, 3.8) is 0 Å². The maximum absolute atomic E-state index is 9.90. The molecule has 0 aliphatic heterocycles. The Hall–Kier alpha value is -0.620. The first kappa shape index (κ1) is 18.4. The Morgan fingerprint density at radius 3 is 2.57 bits per heavy atom. The van der Waals surface area contributed by atoms with E-state index in [-0.39, 0.29) is 18.6 Å². The van der Waals surface area contributed by atoms with Crippen LogP contribution in [0.15, 0.2) is 28.7 Å². The number of rotatable bonds is 10. The molecule has 0 amide bonds. The van der Waals surface area contributed by atoms with Crippen LogP contribution in [-0.4, -0.2) is 42.6 Å². The number of benzene rings is 1. The number of aliphatic hydroxyl groups excluding tert-OH is 2. The fourth-order valence-corrected chi connectivity index (χ4v) is 2.27. The van der Waals surface area contributed by atoms with Gasteiger partial charge in [0.2, 0.25) is 0 Å². The summed E-state index contributed by atoms with van der Waals surface area (Å²) >= 11 is 3.37. The quantitative estimate of drug-likeness (QED) is 0.600. The molecule has 0 bridgehead atoms. The van der Waals surface area contributed by atoms with Gasteiger partial charge >= 0.3 is 0 Å². The summed E-state index contributed by atoms with van der Waals surface area (Å²) in [7, 11) is 0. The Balaban J connectivity index is 2.19. The van der Waals surface area contributed by atoms with Crippen molar-refractivity contribution in [2.24, 2.45) is 5.41 Å². The van der Waals surface area contributed by atoms with E-state index in [1.807, 2.05) is 24.3 Å². The Labute approximate surface area is 135 Å². The maximum Gasteiger partial charge on any atom is 0.119 e. The summed E-state index contributed by atoms with van der Waals surface area (Å²) in [5.41, 5.74) is 0.120. The third-order valence-corrected chi connectivity index (χ3v) is 3.78. The van der Waals surface area contributed by atoms with Crippen LogP contribution in [0, 0.1) is 5.41 Å². The van der Waals surface area contributed by atoms with Gasteiger partial charge in [-0.1, -0.05) is 29.8 Å². The van der Waals surface area contributed by atoms with Gasteiger partial charge in [-0.25, -0.2) is 0 Å². The second kappa shape index (κ2) is 9.41. The van der Waals surface area contributed by atoms with Crippen LogP contribution in [0.5, 0.6) is 5.75 Å². The predicted octanol–water partition coefficient (Wildman–Crippen LogP) is 2.58. The molecule has 0 saturated heterocycles. The maximum atomic E-state index is 9.90. The molecule has 0 aliphatic rings. The Morgan fingerprint density at radius 2 is 1.95 bits per heavy atom. The number of halogens is 1. The van der Waals surface area contributed by atoms with Crippen LogP contribution < -0.4 is 10.1 Å². The summed E-state index contributed by atoms with van der Waals surface area (Å²) in [6.07, 6.45) is 1.23. The molecule has 1 rings (SSSR count). The van der Waals surface area contributed by atoms with Crippen molar-refractivity contribution in [3.05, 3.63) is 28.7 Å². The molecule has 1 unspecified atom stereocenters. The lowest BCUT2D eigenvalue weighted by Crippen LogP contribution is -2.37. The molecule has 0 saturated carbocycles. The molecule has 0 aromatic heterocycles. The summed E-state index contributed by atoms with van der Waals surface area (Å²) in [6.45, 7) is 6.11. The lowest BCUT2D eigenvalue weighted by atomic mass is 9.88. The number of hydrogen-bond acceptors (Lipinski definition) is 4. The molecule has 3 N–H and O–H groups in total. The monoisotopic (exact) mass is 359 g/mol. The van der Waals surface area contributed by atoms with Crippen molar-refractivity contribution >= 4 is 15.9 Å². The molecule has 0 spiro atoms. The molecule has 1 aromatic rings. The fourth-order valence-electron chi connectivity index (χ4n) is 2.01. The zero-order chi connectivity index (χ0) is 15.7. The third-order valence-electron chi connectivity index (χ3n) is 3.25. The Kier molecular flexibility index (Phi) is 8.26. The molecule has 1 atom stereocenters. The highest BCUT2D eigenvalue weighted by molar-refractivity contribution is 9.10. The first-order valence-electron chi connectivity index (χ1n) is 7.31. The highest BCUT2D eigenvalue weighted by Gasteiger charge is 2.17. The van der Waals surface area contributed by atoms with E-state index in [1.165, 1.54) is 0 Å². The van der Waals surface area contributed by atoms with Crippen LogP contribution in [0.2, 0.25) is 0 Å². The van der Waals surface area contributed by atoms with Crippen molar-refractivity contribution in [3.8, 4) is 5.75 Å². The summed E-state index contributed by atoms with van der Waals surface area (Å²) in [6, 6.07) is 7.54. The van der Waals surface area contributed by atoms with E-state index in [2.05, 4.69) is 35.1 Å². The molecular formula is C16H26BrNO3. The van der Waals surface area contributed by atoms with E-state index < -0.39 is 6.10 Å². The van der Waals surface area contributed by atoms with Crippen molar-refractivity contribution in [2.75, 3.05) is 26.3 Å². The minimum absolute atomic E-state index is 0.120. The van der Waals surface area contributed by atoms with Crippen LogP contribution in [0.1, 0.15) is 26.7 Å². The molecule has 0 heterocycles. The lowest BCUT2D eigenvalue weighted by molar-refractivity contribution is 0.103. The Morgan fingerprint density at radius 1 is 1.29 bits per heavy atom. The van der Waals surface area contributed by atoms with Crippen LogP contribution >= 0.6 is 15.9 Å². The average Bonchev–Trinajstić information content (AvgIpc) is 2.44. The van der Waals surface area contributed by atoms with Gasteiger partial charge in [0, 0.05) is 24.2 Å². The normalized spacial score (nSPS) is 13.2. The van der Waals surface area contributed by atoms with Gasteiger partial charge in [-0.15, -0.1) is 0 Å². The van der Waals surface area contributed by atoms with Gasteiger partial charge < -0.3 is 20.3 Å². The smallest absolute Gasteiger partial charge is 0.119 e. The molecule has 5 heteroatoms. The van der Waals surface area contributed by atoms with Crippen molar-refractivity contribution in [2.45, 2.75) is 32.8 Å². The van der Waals surface area contributed by atoms with Gasteiger partial charge in [0.15, 0.2) is 0 Å². The number of ether oxygens (including phenoxy) is 1. The minimum atomic E-state index is -0.540. The molecule has 0 fully saturated rings. The second-order valence-corrected chi connectivity index (χ2v) is 6.96. The molecule has 0 radical (unpaired) electrons. The number of hydrogen-bond donors (Lipinski definition) is 3. The average molecular weight is 360 g/mol. The highest BCUT2D eigenvalue weighted by atomic mass is 79.9. The summed E-state index contributed by atoms with van der Waals surface area (Å²) in [4.78, 5) is 0. The van der Waals surface area contributed by atoms with Gasteiger partial charge in [0.1, 0.15) is 18.5 Å². The zero-order valence-electron chi connectivity index (χ0n) is 12.8. The minimum Gasteiger partial charge on any atom is -0.491 e. The first-order valence-corrected chi connectivity index (χ1v) is 8.10. The number of aliphatic hydroxyl groups is 2. The molecule has 0 aliphatic carbocycles. The molecule has 21 heavy (non-hydrogen) atoms. The number of nitrogens with one attached hydrogen (secondary N) is 1. The molecule has 4 nitrogen and oxygen atoms in total. The second-order valence-electron chi connectivity index (χ2n) is 6.04. The van der Waals surface area contributed by atoms with E-state index in [0.717, 1.165) is 29.6 Å². The third kappa shape index (κ3) is 8.41. The molecule has 120 valence electrons. The van der Waals surface area contributed by atoms with Gasteiger partial charge in [-0.2, -0.15) is 0 Å². The van der Waals surface area contributed by atoms with Gasteiger partial charge in [-0.05, 0) is 42.5 Å². The van der Waals surface area contributed by atoms with E-state index in [0.29, 0.717) is 6.54 Å². The predicted molar refractivity (Wildman–Crippen MR) is 88.6 cm³/mol. The van der Waals surface area contributed by atoms with E-state index in [9.17, 15) is 5.11 Å². The largest absolute Gasteiger partial charge is 0.491 e. The van der Waals surface area contributed by atoms with E-state index in [1.54, 1.807) is 0 Å². The van der Waals surface area contributed by atoms with Crippen LogP contribution in [0.25, 0.3) is 0 Å². The van der Waals surface area contributed by atoms with Gasteiger partial charge in [-0.3, -0.25) is 0 Å². The van der Waals surface area contributed by atoms with Gasteiger partial charge in [0.25, 0.3) is 0 Å². The van der Waals surface area contributed by atoms with Crippen LogP contribution in [-0.2, 0) is 0 Å². The molecular weight excluding hydrogens is 334 g/mol.